The molecule has 0 radical (unpaired) electrons. The van der Waals surface area contributed by atoms with Crippen LogP contribution in [0.25, 0.3) is 22.2 Å². The maximum absolute atomic E-state index is 14.8. The number of anilines is 3. The molecule has 3 aromatic heterocycles. The van der Waals surface area contributed by atoms with Crippen LogP contribution in [-0.2, 0) is 7.05 Å². The van der Waals surface area contributed by atoms with Crippen LogP contribution in [0, 0.1) is 5.82 Å². The largest absolute Gasteiger partial charge is 0.368 e. The Bertz CT molecular complexity index is 1320. The maximum Gasteiger partial charge on any atom is 0.229 e. The van der Waals surface area contributed by atoms with Crippen molar-refractivity contribution < 1.29 is 4.39 Å². The molecule has 0 aliphatic carbocycles. The van der Waals surface area contributed by atoms with Gasteiger partial charge in [-0.3, -0.25) is 4.68 Å². The lowest BCUT2D eigenvalue weighted by molar-refractivity contribution is 0.271. The van der Waals surface area contributed by atoms with Gasteiger partial charge in [-0.15, -0.1) is 0 Å². The van der Waals surface area contributed by atoms with Crippen molar-refractivity contribution in [2.24, 2.45) is 7.05 Å². The highest BCUT2D eigenvalue weighted by molar-refractivity contribution is 5.86. The molecular weight excluding hydrogens is 443 g/mol. The molecule has 0 bridgehead atoms. The molecule has 0 saturated carbocycles. The van der Waals surface area contributed by atoms with Crippen LogP contribution in [0.1, 0.15) is 32.4 Å². The van der Waals surface area contributed by atoms with E-state index in [-0.39, 0.29) is 11.6 Å². The van der Waals surface area contributed by atoms with Crippen LogP contribution in [0.4, 0.5) is 21.8 Å². The van der Waals surface area contributed by atoms with E-state index in [1.807, 2.05) is 48.3 Å². The first-order chi connectivity index (χ1) is 16.9. The van der Waals surface area contributed by atoms with E-state index >= 15 is 0 Å². The number of rotatable bonds is 6. The molecule has 1 N–H and O–H groups in total. The fourth-order valence-electron chi connectivity index (χ4n) is 4.76. The van der Waals surface area contributed by atoms with E-state index < -0.39 is 5.82 Å². The fraction of sp³-hybridized carbons (Fsp3) is 0.385. The molecule has 0 spiro atoms. The van der Waals surface area contributed by atoms with Crippen molar-refractivity contribution in [3.8, 4) is 11.3 Å². The Morgan fingerprint density at radius 3 is 2.51 bits per heavy atom. The number of pyridine rings is 1. The molecule has 5 rings (SSSR count). The van der Waals surface area contributed by atoms with Gasteiger partial charge in [0.05, 0.1) is 23.6 Å². The number of likely N-dealkylation sites (N-methyl/N-ethyl adjacent to an activating group) is 1. The molecule has 4 aromatic rings. The van der Waals surface area contributed by atoms with Gasteiger partial charge in [-0.2, -0.15) is 5.10 Å². The van der Waals surface area contributed by atoms with Crippen LogP contribution in [0.2, 0.25) is 0 Å². The lowest BCUT2D eigenvalue weighted by atomic mass is 10.0. The molecule has 1 saturated heterocycles. The first-order valence-electron chi connectivity index (χ1n) is 12.1. The van der Waals surface area contributed by atoms with Crippen molar-refractivity contribution in [3.05, 3.63) is 54.2 Å². The van der Waals surface area contributed by atoms with E-state index in [4.69, 9.17) is 0 Å². The summed E-state index contributed by atoms with van der Waals surface area (Å²) in [5.41, 5.74) is 4.01. The van der Waals surface area contributed by atoms with Gasteiger partial charge >= 0.3 is 0 Å². The summed E-state index contributed by atoms with van der Waals surface area (Å²) in [4.78, 5) is 17.9. The van der Waals surface area contributed by atoms with Crippen LogP contribution in [0.5, 0.6) is 0 Å². The Morgan fingerprint density at radius 1 is 1.03 bits per heavy atom. The van der Waals surface area contributed by atoms with Gasteiger partial charge in [0.1, 0.15) is 11.5 Å². The Balaban J connectivity index is 1.37. The van der Waals surface area contributed by atoms with Crippen molar-refractivity contribution >= 4 is 28.4 Å². The van der Waals surface area contributed by atoms with E-state index in [0.29, 0.717) is 17.3 Å². The van der Waals surface area contributed by atoms with Crippen molar-refractivity contribution in [3.63, 3.8) is 0 Å². The normalized spacial score (nSPS) is 14.7. The Kier molecular flexibility index (Phi) is 6.34. The van der Waals surface area contributed by atoms with Crippen molar-refractivity contribution in [2.75, 3.05) is 42.9 Å². The molecule has 0 amide bonds. The quantitative estimate of drug-likeness (QED) is 0.439. The average Bonchev–Trinajstić information content (AvgIpc) is 3.21. The smallest absolute Gasteiger partial charge is 0.229 e. The van der Waals surface area contributed by atoms with E-state index in [1.54, 1.807) is 0 Å². The molecular formula is C26H31FN8. The summed E-state index contributed by atoms with van der Waals surface area (Å²) in [6, 6.07) is 9.67. The second-order valence-electron chi connectivity index (χ2n) is 9.23. The SMILES string of the molecule is CCN1CCN(c2ccc(Nc3ncc(F)c(-c4ccc5nn(C)c(C(C)C)c5c4)n3)nc2)CC1. The lowest BCUT2D eigenvalue weighted by Gasteiger charge is -2.35. The molecule has 0 atom stereocenters. The zero-order valence-electron chi connectivity index (χ0n) is 20.7. The monoisotopic (exact) mass is 474 g/mol. The number of aromatic nitrogens is 5. The number of halogens is 1. The second kappa shape index (κ2) is 9.58. The Labute approximate surface area is 204 Å². The van der Waals surface area contributed by atoms with Crippen LogP contribution in [0.3, 0.4) is 0 Å². The summed E-state index contributed by atoms with van der Waals surface area (Å²) in [7, 11) is 1.94. The highest BCUT2D eigenvalue weighted by Gasteiger charge is 2.18. The van der Waals surface area contributed by atoms with Crippen LogP contribution >= 0.6 is 0 Å². The molecule has 1 aliphatic rings. The predicted molar refractivity (Wildman–Crippen MR) is 138 cm³/mol. The summed E-state index contributed by atoms with van der Waals surface area (Å²) >= 11 is 0. The molecule has 1 fully saturated rings. The first-order valence-corrected chi connectivity index (χ1v) is 12.1. The Hall–Kier alpha value is -3.59. The molecule has 0 unspecified atom stereocenters. The van der Waals surface area contributed by atoms with Gasteiger partial charge in [0.15, 0.2) is 5.82 Å². The molecule has 1 aliphatic heterocycles. The Morgan fingerprint density at radius 2 is 1.83 bits per heavy atom. The zero-order valence-corrected chi connectivity index (χ0v) is 20.7. The number of nitrogens with zero attached hydrogens (tertiary/aromatic N) is 7. The van der Waals surface area contributed by atoms with E-state index in [9.17, 15) is 4.39 Å². The predicted octanol–water partition coefficient (Wildman–Crippen LogP) is 4.57. The number of piperazine rings is 1. The maximum atomic E-state index is 14.8. The number of fused-ring (bicyclic) bond motifs is 1. The second-order valence-corrected chi connectivity index (χ2v) is 9.23. The number of benzene rings is 1. The van der Waals surface area contributed by atoms with Gasteiger partial charge in [-0.05, 0) is 36.7 Å². The topological polar surface area (TPSA) is 75.0 Å². The lowest BCUT2D eigenvalue weighted by Crippen LogP contribution is -2.46. The van der Waals surface area contributed by atoms with E-state index in [1.165, 1.54) is 6.20 Å². The third kappa shape index (κ3) is 4.68. The van der Waals surface area contributed by atoms with Crippen LogP contribution in [0.15, 0.2) is 42.7 Å². The third-order valence-electron chi connectivity index (χ3n) is 6.62. The van der Waals surface area contributed by atoms with E-state index in [2.05, 4.69) is 55.9 Å². The standard InChI is InChI=1S/C26H31FN8/c1-5-34-10-12-35(13-11-34)19-7-9-23(28-15-19)30-26-29-16-21(27)24(31-26)18-6-8-22-20(14-18)25(17(2)3)33(4)32-22/h6-9,14-17H,5,10-13H2,1-4H3,(H,28,29,30,31). The minimum Gasteiger partial charge on any atom is -0.368 e. The van der Waals surface area contributed by atoms with Crippen molar-refractivity contribution in [1.29, 1.82) is 0 Å². The van der Waals surface area contributed by atoms with Gasteiger partial charge in [0.2, 0.25) is 5.95 Å². The third-order valence-corrected chi connectivity index (χ3v) is 6.62. The fourth-order valence-corrected chi connectivity index (χ4v) is 4.76. The van der Waals surface area contributed by atoms with Crippen LogP contribution in [-0.4, -0.2) is 62.4 Å². The summed E-state index contributed by atoms with van der Waals surface area (Å²) < 4.78 is 16.7. The first kappa shape index (κ1) is 23.2. The molecule has 182 valence electrons. The van der Waals surface area contributed by atoms with E-state index in [0.717, 1.165) is 55.0 Å². The van der Waals surface area contributed by atoms with Gasteiger partial charge in [-0.1, -0.05) is 26.8 Å². The van der Waals surface area contributed by atoms with Gasteiger partial charge < -0.3 is 15.1 Å². The number of hydrogen-bond acceptors (Lipinski definition) is 7. The van der Waals surface area contributed by atoms with Crippen molar-refractivity contribution in [1.82, 2.24) is 29.6 Å². The summed E-state index contributed by atoms with van der Waals surface area (Å²) in [5.74, 6) is 0.730. The number of aryl methyl sites for hydroxylation is 1. The minimum atomic E-state index is -0.473. The molecule has 4 heterocycles. The summed E-state index contributed by atoms with van der Waals surface area (Å²) in [6.07, 6.45) is 3.06. The minimum absolute atomic E-state index is 0.244. The molecule has 35 heavy (non-hydrogen) atoms. The molecule has 9 heteroatoms. The van der Waals surface area contributed by atoms with Gasteiger partial charge in [0, 0.05) is 49.9 Å². The zero-order chi connectivity index (χ0) is 24.5. The molecule has 1 aromatic carbocycles. The van der Waals surface area contributed by atoms with Gasteiger partial charge in [0.25, 0.3) is 0 Å². The average molecular weight is 475 g/mol. The number of hydrogen-bond donors (Lipinski definition) is 1. The number of nitrogens with one attached hydrogen (secondary N) is 1. The molecule has 8 nitrogen and oxygen atoms in total. The van der Waals surface area contributed by atoms with Gasteiger partial charge in [-0.25, -0.2) is 19.3 Å². The highest BCUT2D eigenvalue weighted by Crippen LogP contribution is 2.30. The van der Waals surface area contributed by atoms with Crippen molar-refractivity contribution in [2.45, 2.75) is 26.7 Å². The summed E-state index contributed by atoms with van der Waals surface area (Å²) in [5, 5.41) is 8.70. The highest BCUT2D eigenvalue weighted by atomic mass is 19.1. The van der Waals surface area contributed by atoms with Crippen LogP contribution < -0.4 is 10.2 Å². The summed E-state index contributed by atoms with van der Waals surface area (Å²) in [6.45, 7) is 11.6.